The Labute approximate surface area is 62.8 Å². The van der Waals surface area contributed by atoms with E-state index in [4.69, 9.17) is 0 Å². The predicted octanol–water partition coefficient (Wildman–Crippen LogP) is 1.97. The van der Waals surface area contributed by atoms with Crippen LogP contribution in [0.25, 0.3) is 0 Å². The molecule has 1 nitrogen and oxygen atoms in total. The van der Waals surface area contributed by atoms with Crippen molar-refractivity contribution in [2.24, 2.45) is 11.8 Å². The third-order valence-electron chi connectivity index (χ3n) is 2.61. The van der Waals surface area contributed by atoms with Gasteiger partial charge in [-0.2, -0.15) is 0 Å². The number of hydrogen-bond acceptors (Lipinski definition) is 1. The van der Waals surface area contributed by atoms with E-state index in [0.29, 0.717) is 11.8 Å². The molecule has 0 radical (unpaired) electrons. The van der Waals surface area contributed by atoms with E-state index in [1.54, 1.807) is 0 Å². The van der Waals surface area contributed by atoms with Crippen LogP contribution in [0.3, 0.4) is 0 Å². The van der Waals surface area contributed by atoms with Crippen molar-refractivity contribution in [1.82, 2.24) is 0 Å². The molecule has 1 N–H and O–H groups in total. The van der Waals surface area contributed by atoms with Crippen molar-refractivity contribution in [1.29, 1.82) is 0 Å². The van der Waals surface area contributed by atoms with Gasteiger partial charge in [0.25, 0.3) is 0 Å². The molecule has 1 heteroatoms. The first-order chi connectivity index (χ1) is 4.79. The van der Waals surface area contributed by atoms with Crippen LogP contribution in [0.2, 0.25) is 0 Å². The molecule has 0 aromatic heterocycles. The van der Waals surface area contributed by atoms with Crippen LogP contribution < -0.4 is 0 Å². The van der Waals surface area contributed by atoms with Gasteiger partial charge in [0.15, 0.2) is 0 Å². The van der Waals surface area contributed by atoms with Gasteiger partial charge in [0, 0.05) is 0 Å². The minimum atomic E-state index is -0.0620. The van der Waals surface area contributed by atoms with Crippen molar-refractivity contribution < 1.29 is 5.11 Å². The van der Waals surface area contributed by atoms with Crippen LogP contribution in [0.5, 0.6) is 0 Å². The molecule has 10 heavy (non-hydrogen) atoms. The van der Waals surface area contributed by atoms with E-state index in [2.05, 4.69) is 13.5 Å². The number of aliphatic hydroxyl groups excluding tert-OH is 1. The van der Waals surface area contributed by atoms with Crippen LogP contribution in [0.1, 0.15) is 26.2 Å². The van der Waals surface area contributed by atoms with Crippen molar-refractivity contribution >= 4 is 0 Å². The molecule has 0 bridgehead atoms. The second-order valence-corrected chi connectivity index (χ2v) is 3.12. The first kappa shape index (κ1) is 7.80. The van der Waals surface area contributed by atoms with Crippen molar-refractivity contribution in [3.05, 3.63) is 12.7 Å². The maximum Gasteiger partial charge on any atom is 0.0574 e. The molecular weight excluding hydrogens is 124 g/mol. The van der Waals surface area contributed by atoms with Gasteiger partial charge in [-0.25, -0.2) is 0 Å². The van der Waals surface area contributed by atoms with Crippen molar-refractivity contribution in [3.8, 4) is 0 Å². The molecule has 1 saturated carbocycles. The zero-order valence-electron chi connectivity index (χ0n) is 6.59. The first-order valence-corrected chi connectivity index (χ1v) is 4.10. The fraction of sp³-hybridized carbons (Fsp3) is 0.778. The molecule has 0 aromatic carbocycles. The molecule has 1 rings (SSSR count). The topological polar surface area (TPSA) is 20.2 Å². The summed E-state index contributed by atoms with van der Waals surface area (Å²) in [6.07, 6.45) is 5.11. The lowest BCUT2D eigenvalue weighted by Gasteiger charge is -2.16. The maximum atomic E-state index is 9.44. The van der Waals surface area contributed by atoms with Gasteiger partial charge >= 0.3 is 0 Å². The molecule has 0 aromatic rings. The highest BCUT2D eigenvalue weighted by Gasteiger charge is 2.30. The predicted molar refractivity (Wildman–Crippen MR) is 42.7 cm³/mol. The average Bonchev–Trinajstić information content (AvgIpc) is 2.30. The van der Waals surface area contributed by atoms with Crippen LogP contribution in [-0.4, -0.2) is 11.2 Å². The number of hydrogen-bond donors (Lipinski definition) is 1. The zero-order chi connectivity index (χ0) is 7.56. The molecule has 0 saturated heterocycles. The summed E-state index contributed by atoms with van der Waals surface area (Å²) in [4.78, 5) is 0. The number of allylic oxidation sites excluding steroid dienone is 1. The normalized spacial score (nSPS) is 40.0. The molecule has 1 aliphatic rings. The van der Waals surface area contributed by atoms with Gasteiger partial charge in [-0.3, -0.25) is 0 Å². The Bertz CT molecular complexity index is 120. The average molecular weight is 140 g/mol. The van der Waals surface area contributed by atoms with Crippen molar-refractivity contribution in [3.63, 3.8) is 0 Å². The van der Waals surface area contributed by atoms with Gasteiger partial charge < -0.3 is 5.11 Å². The third kappa shape index (κ3) is 1.24. The summed E-state index contributed by atoms with van der Waals surface area (Å²) in [5, 5.41) is 9.44. The Hall–Kier alpha value is -0.300. The molecular formula is C9H16O. The van der Waals surface area contributed by atoms with Crippen LogP contribution in [0, 0.1) is 11.8 Å². The summed E-state index contributed by atoms with van der Waals surface area (Å²) in [7, 11) is 0. The van der Waals surface area contributed by atoms with E-state index in [1.807, 2.05) is 6.08 Å². The van der Waals surface area contributed by atoms with E-state index in [-0.39, 0.29) is 6.10 Å². The van der Waals surface area contributed by atoms with E-state index >= 15 is 0 Å². The maximum absolute atomic E-state index is 9.44. The van der Waals surface area contributed by atoms with Gasteiger partial charge in [-0.15, -0.1) is 6.58 Å². The summed E-state index contributed by atoms with van der Waals surface area (Å²) in [6.45, 7) is 5.90. The minimum absolute atomic E-state index is 0.0620. The third-order valence-corrected chi connectivity index (χ3v) is 2.61. The first-order valence-electron chi connectivity index (χ1n) is 4.10. The molecule has 0 spiro atoms. The van der Waals surface area contributed by atoms with Gasteiger partial charge in [0.05, 0.1) is 6.10 Å². The lowest BCUT2D eigenvalue weighted by atomic mass is 9.93. The Balaban J connectivity index is 2.53. The summed E-state index contributed by atoms with van der Waals surface area (Å²) in [6, 6.07) is 0. The van der Waals surface area contributed by atoms with Gasteiger partial charge in [-0.1, -0.05) is 19.4 Å². The van der Waals surface area contributed by atoms with Crippen LogP contribution in [0.15, 0.2) is 12.7 Å². The highest BCUT2D eigenvalue weighted by molar-refractivity contribution is 4.93. The zero-order valence-corrected chi connectivity index (χ0v) is 6.59. The Morgan fingerprint density at radius 2 is 2.30 bits per heavy atom. The van der Waals surface area contributed by atoms with Crippen LogP contribution >= 0.6 is 0 Å². The molecule has 1 aliphatic carbocycles. The molecule has 58 valence electrons. The fourth-order valence-electron chi connectivity index (χ4n) is 1.94. The molecule has 0 amide bonds. The summed E-state index contributed by atoms with van der Waals surface area (Å²) in [5.74, 6) is 1.05. The van der Waals surface area contributed by atoms with Crippen LogP contribution in [0.4, 0.5) is 0 Å². The molecule has 3 atom stereocenters. The fourth-order valence-corrected chi connectivity index (χ4v) is 1.94. The van der Waals surface area contributed by atoms with E-state index in [1.165, 1.54) is 0 Å². The van der Waals surface area contributed by atoms with Crippen molar-refractivity contribution in [2.75, 3.05) is 0 Å². The lowest BCUT2D eigenvalue weighted by molar-refractivity contribution is 0.122. The van der Waals surface area contributed by atoms with E-state index in [9.17, 15) is 5.11 Å². The van der Waals surface area contributed by atoms with Gasteiger partial charge in [0.1, 0.15) is 0 Å². The molecule has 1 fully saturated rings. The second-order valence-electron chi connectivity index (χ2n) is 3.12. The van der Waals surface area contributed by atoms with Gasteiger partial charge in [-0.05, 0) is 24.7 Å². The minimum Gasteiger partial charge on any atom is -0.393 e. The Morgan fingerprint density at radius 3 is 2.70 bits per heavy atom. The molecule has 3 unspecified atom stereocenters. The largest absolute Gasteiger partial charge is 0.393 e. The van der Waals surface area contributed by atoms with E-state index < -0.39 is 0 Å². The number of rotatable bonds is 2. The second kappa shape index (κ2) is 3.20. The molecule has 0 aliphatic heterocycles. The monoisotopic (exact) mass is 140 g/mol. The quantitative estimate of drug-likeness (QED) is 0.581. The SMILES string of the molecule is C=CC1CCC(O)C1CC. The molecule has 0 heterocycles. The number of aliphatic hydroxyl groups is 1. The summed E-state index contributed by atoms with van der Waals surface area (Å²) >= 11 is 0. The highest BCUT2D eigenvalue weighted by atomic mass is 16.3. The summed E-state index contributed by atoms with van der Waals surface area (Å²) < 4.78 is 0. The Morgan fingerprint density at radius 1 is 1.60 bits per heavy atom. The van der Waals surface area contributed by atoms with Crippen LogP contribution in [-0.2, 0) is 0 Å². The van der Waals surface area contributed by atoms with E-state index in [0.717, 1.165) is 19.3 Å². The standard InChI is InChI=1S/C9H16O/c1-3-7-5-6-9(10)8(7)4-2/h3,7-10H,1,4-6H2,2H3. The lowest BCUT2D eigenvalue weighted by Crippen LogP contribution is -2.16. The highest BCUT2D eigenvalue weighted by Crippen LogP contribution is 2.34. The smallest absolute Gasteiger partial charge is 0.0574 e. The summed E-state index contributed by atoms with van der Waals surface area (Å²) in [5.41, 5.74) is 0. The Kier molecular flexibility index (Phi) is 2.50. The van der Waals surface area contributed by atoms with Gasteiger partial charge in [0.2, 0.25) is 0 Å². The van der Waals surface area contributed by atoms with Crippen molar-refractivity contribution in [2.45, 2.75) is 32.3 Å².